The van der Waals surface area contributed by atoms with E-state index in [0.717, 1.165) is 16.6 Å². The van der Waals surface area contributed by atoms with Crippen molar-refractivity contribution in [3.8, 4) is 0 Å². The lowest BCUT2D eigenvalue weighted by Crippen LogP contribution is -2.31. The number of rotatable bonds is 3. The molecule has 1 N–H and O–H groups in total. The maximum Gasteiger partial charge on any atom is 0.114 e. The highest BCUT2D eigenvalue weighted by Gasteiger charge is 2.31. The fourth-order valence-corrected chi connectivity index (χ4v) is 2.82. The monoisotopic (exact) mass is 263 g/mol. The Bertz CT molecular complexity index is 583. The zero-order valence-electron chi connectivity index (χ0n) is 11.0. The lowest BCUT2D eigenvalue weighted by atomic mass is 10.1. The summed E-state index contributed by atoms with van der Waals surface area (Å²) in [6, 6.07) is 6.06. The molecule has 1 fully saturated rings. The fraction of sp³-hybridized carbons (Fsp3) is 0.500. The summed E-state index contributed by atoms with van der Waals surface area (Å²) in [5, 5.41) is 9.28. The van der Waals surface area contributed by atoms with Gasteiger partial charge in [-0.25, -0.2) is 9.37 Å². The van der Waals surface area contributed by atoms with Gasteiger partial charge in [-0.15, -0.1) is 0 Å². The molecule has 1 aromatic heterocycles. The predicted molar refractivity (Wildman–Crippen MR) is 71.5 cm³/mol. The van der Waals surface area contributed by atoms with E-state index in [2.05, 4.69) is 4.98 Å². The van der Waals surface area contributed by atoms with Crippen molar-refractivity contribution < 1.29 is 9.50 Å². The average molecular weight is 263 g/mol. The third kappa shape index (κ3) is 2.35. The first-order valence-electron chi connectivity index (χ1n) is 6.56. The summed E-state index contributed by atoms with van der Waals surface area (Å²) in [6.07, 6.45) is 1.40. The number of likely N-dealkylation sites (tertiary alicyclic amines) is 1. The summed E-state index contributed by atoms with van der Waals surface area (Å²) in [6.45, 7) is 1.09. The van der Waals surface area contributed by atoms with Gasteiger partial charge in [0.1, 0.15) is 6.17 Å². The molecule has 5 heteroatoms. The van der Waals surface area contributed by atoms with Gasteiger partial charge in [-0.1, -0.05) is 6.07 Å². The molecule has 102 valence electrons. The van der Waals surface area contributed by atoms with Crippen LogP contribution in [0.5, 0.6) is 0 Å². The molecule has 1 aliphatic rings. The molecule has 2 atom stereocenters. The number of aryl methyl sites for hydroxylation is 1. The van der Waals surface area contributed by atoms with Gasteiger partial charge in [-0.05, 0) is 24.1 Å². The number of aliphatic hydroxyl groups is 1. The van der Waals surface area contributed by atoms with Crippen LogP contribution >= 0.6 is 0 Å². The first-order valence-corrected chi connectivity index (χ1v) is 6.56. The van der Waals surface area contributed by atoms with Gasteiger partial charge in [0.2, 0.25) is 0 Å². The Morgan fingerprint density at radius 1 is 1.47 bits per heavy atom. The van der Waals surface area contributed by atoms with Crippen molar-refractivity contribution in [2.45, 2.75) is 25.2 Å². The number of alkyl halides is 1. The molecule has 3 rings (SSSR count). The second kappa shape index (κ2) is 4.90. The quantitative estimate of drug-likeness (QED) is 0.912. The SMILES string of the molecule is Cn1cnc2cc(CN3C[C@@H](F)C[C@H]3CO)ccc21. The summed E-state index contributed by atoms with van der Waals surface area (Å²) < 4.78 is 15.4. The Labute approximate surface area is 111 Å². The maximum atomic E-state index is 13.4. The number of nitrogens with zero attached hydrogens (tertiary/aromatic N) is 3. The van der Waals surface area contributed by atoms with Crippen LogP contribution < -0.4 is 0 Å². The average Bonchev–Trinajstić information content (AvgIpc) is 2.93. The number of fused-ring (bicyclic) bond motifs is 1. The minimum absolute atomic E-state index is 0.0201. The topological polar surface area (TPSA) is 41.3 Å². The Morgan fingerprint density at radius 3 is 3.11 bits per heavy atom. The number of benzene rings is 1. The summed E-state index contributed by atoms with van der Waals surface area (Å²) in [7, 11) is 1.96. The van der Waals surface area contributed by atoms with Crippen LogP contribution in [0, 0.1) is 0 Å². The van der Waals surface area contributed by atoms with E-state index in [1.54, 1.807) is 6.33 Å². The number of hydrogen-bond acceptors (Lipinski definition) is 3. The Morgan fingerprint density at radius 2 is 2.32 bits per heavy atom. The van der Waals surface area contributed by atoms with Crippen molar-refractivity contribution in [2.24, 2.45) is 7.05 Å². The molecule has 0 saturated carbocycles. The number of aromatic nitrogens is 2. The van der Waals surface area contributed by atoms with Crippen molar-refractivity contribution >= 4 is 11.0 Å². The van der Waals surface area contributed by atoms with Crippen LogP contribution in [0.15, 0.2) is 24.5 Å². The van der Waals surface area contributed by atoms with Gasteiger partial charge in [-0.2, -0.15) is 0 Å². The second-order valence-electron chi connectivity index (χ2n) is 5.28. The molecule has 0 aliphatic carbocycles. The lowest BCUT2D eigenvalue weighted by molar-refractivity contribution is 0.153. The standard InChI is InChI=1S/C14H18FN3O/c1-17-9-16-13-4-10(2-3-14(13)17)6-18-7-11(15)5-12(18)8-19/h2-4,9,11-12,19H,5-8H2,1H3/t11-,12-/m0/s1. The molecule has 1 aliphatic heterocycles. The summed E-state index contributed by atoms with van der Waals surface area (Å²) in [5.41, 5.74) is 3.16. The van der Waals surface area contributed by atoms with Crippen molar-refractivity contribution in [3.05, 3.63) is 30.1 Å². The zero-order chi connectivity index (χ0) is 13.4. The number of halogens is 1. The van der Waals surface area contributed by atoms with Crippen LogP contribution in [0.4, 0.5) is 4.39 Å². The third-order valence-electron chi connectivity index (χ3n) is 3.86. The Hall–Kier alpha value is -1.46. The molecule has 0 amide bonds. The molecule has 4 nitrogen and oxygen atoms in total. The van der Waals surface area contributed by atoms with E-state index in [4.69, 9.17) is 0 Å². The van der Waals surface area contributed by atoms with E-state index in [9.17, 15) is 9.50 Å². The Kier molecular flexibility index (Phi) is 3.24. The van der Waals surface area contributed by atoms with Crippen molar-refractivity contribution in [3.63, 3.8) is 0 Å². The van der Waals surface area contributed by atoms with E-state index >= 15 is 0 Å². The molecule has 0 spiro atoms. The van der Waals surface area contributed by atoms with Gasteiger partial charge in [0.25, 0.3) is 0 Å². The van der Waals surface area contributed by atoms with Crippen LogP contribution in [0.3, 0.4) is 0 Å². The van der Waals surface area contributed by atoms with E-state index in [0.29, 0.717) is 19.5 Å². The van der Waals surface area contributed by atoms with E-state index in [1.165, 1.54) is 0 Å². The van der Waals surface area contributed by atoms with Crippen LogP contribution in [0.1, 0.15) is 12.0 Å². The van der Waals surface area contributed by atoms with Gasteiger partial charge < -0.3 is 9.67 Å². The summed E-state index contributed by atoms with van der Waals surface area (Å²) >= 11 is 0. The highest BCUT2D eigenvalue weighted by Crippen LogP contribution is 2.23. The fourth-order valence-electron chi connectivity index (χ4n) is 2.82. The zero-order valence-corrected chi connectivity index (χ0v) is 11.0. The van der Waals surface area contributed by atoms with Gasteiger partial charge >= 0.3 is 0 Å². The van der Waals surface area contributed by atoms with Crippen LogP contribution in [0.25, 0.3) is 11.0 Å². The number of aliphatic hydroxyl groups excluding tert-OH is 1. The molecule has 2 aromatic rings. The first kappa shape index (κ1) is 12.6. The maximum absolute atomic E-state index is 13.4. The van der Waals surface area contributed by atoms with Crippen LogP contribution in [0.2, 0.25) is 0 Å². The minimum atomic E-state index is -0.823. The van der Waals surface area contributed by atoms with E-state index in [-0.39, 0.29) is 12.6 Å². The molecule has 0 unspecified atom stereocenters. The highest BCUT2D eigenvalue weighted by atomic mass is 19.1. The van der Waals surface area contributed by atoms with Gasteiger partial charge in [0.05, 0.1) is 24.0 Å². The largest absolute Gasteiger partial charge is 0.395 e. The molecule has 0 radical (unpaired) electrons. The van der Waals surface area contributed by atoms with Crippen LogP contribution in [-0.4, -0.2) is 44.9 Å². The van der Waals surface area contributed by atoms with Crippen LogP contribution in [-0.2, 0) is 13.6 Å². The predicted octanol–water partition coefficient (Wildman–Crippen LogP) is 1.48. The molecule has 19 heavy (non-hydrogen) atoms. The van der Waals surface area contributed by atoms with Crippen molar-refractivity contribution in [2.75, 3.05) is 13.2 Å². The third-order valence-corrected chi connectivity index (χ3v) is 3.86. The van der Waals surface area contributed by atoms with Crippen molar-refractivity contribution in [1.82, 2.24) is 14.5 Å². The van der Waals surface area contributed by atoms with Gasteiger partial charge in [0, 0.05) is 26.2 Å². The molecular weight excluding hydrogens is 245 g/mol. The molecule has 1 saturated heterocycles. The smallest absolute Gasteiger partial charge is 0.114 e. The second-order valence-corrected chi connectivity index (χ2v) is 5.28. The van der Waals surface area contributed by atoms with Gasteiger partial charge in [0.15, 0.2) is 0 Å². The normalized spacial score (nSPS) is 24.4. The number of imidazole rings is 1. The lowest BCUT2D eigenvalue weighted by Gasteiger charge is -2.22. The van der Waals surface area contributed by atoms with E-state index in [1.807, 2.05) is 34.7 Å². The van der Waals surface area contributed by atoms with E-state index < -0.39 is 6.17 Å². The van der Waals surface area contributed by atoms with Crippen molar-refractivity contribution in [1.29, 1.82) is 0 Å². The summed E-state index contributed by atoms with van der Waals surface area (Å²) in [4.78, 5) is 6.34. The summed E-state index contributed by atoms with van der Waals surface area (Å²) in [5.74, 6) is 0. The molecule has 2 heterocycles. The molecular formula is C14H18FN3O. The van der Waals surface area contributed by atoms with Gasteiger partial charge in [-0.3, -0.25) is 4.90 Å². The highest BCUT2D eigenvalue weighted by molar-refractivity contribution is 5.75. The Balaban J connectivity index is 1.81. The molecule has 1 aromatic carbocycles. The molecule has 0 bridgehead atoms. The number of hydrogen-bond donors (Lipinski definition) is 1. The first-order chi connectivity index (χ1) is 9.17. The minimum Gasteiger partial charge on any atom is -0.395 e.